The Bertz CT molecular complexity index is 706. The third-order valence-electron chi connectivity index (χ3n) is 2.82. The smallest absolute Gasteiger partial charge is 0.126 e. The van der Waals surface area contributed by atoms with Crippen molar-refractivity contribution >= 4 is 28.3 Å². The Morgan fingerprint density at radius 1 is 1.16 bits per heavy atom. The molecule has 0 unspecified atom stereocenters. The van der Waals surface area contributed by atoms with Gasteiger partial charge in [-0.15, -0.1) is 0 Å². The van der Waals surface area contributed by atoms with Crippen molar-refractivity contribution in [3.8, 4) is 5.75 Å². The number of H-pyrrole nitrogens is 1. The molecule has 0 saturated heterocycles. The van der Waals surface area contributed by atoms with Crippen LogP contribution >= 0.6 is 11.6 Å². The number of aromatic amines is 1. The number of phenols is 1. The van der Waals surface area contributed by atoms with Crippen molar-refractivity contribution in [1.29, 1.82) is 0 Å². The number of aromatic nitrogens is 2. The van der Waals surface area contributed by atoms with Crippen LogP contribution < -0.4 is 5.32 Å². The monoisotopic (exact) mass is 273 g/mol. The maximum Gasteiger partial charge on any atom is 0.126 e. The number of nitrogens with one attached hydrogen (secondary N) is 2. The molecule has 2 aromatic carbocycles. The van der Waals surface area contributed by atoms with Gasteiger partial charge < -0.3 is 15.4 Å². The summed E-state index contributed by atoms with van der Waals surface area (Å²) in [5.41, 5.74) is 2.75. The fourth-order valence-corrected chi connectivity index (χ4v) is 2.06. The van der Waals surface area contributed by atoms with Crippen molar-refractivity contribution < 1.29 is 5.11 Å². The zero-order valence-corrected chi connectivity index (χ0v) is 10.8. The van der Waals surface area contributed by atoms with Crippen LogP contribution in [0.25, 0.3) is 11.0 Å². The fraction of sp³-hybridized carbons (Fsp3) is 0.0714. The van der Waals surface area contributed by atoms with Gasteiger partial charge in [-0.05, 0) is 42.5 Å². The van der Waals surface area contributed by atoms with Crippen molar-refractivity contribution in [2.45, 2.75) is 6.54 Å². The molecule has 0 aliphatic carbocycles. The number of benzene rings is 2. The number of halogens is 1. The molecule has 0 atom stereocenters. The minimum Gasteiger partial charge on any atom is -0.508 e. The first-order valence-electron chi connectivity index (χ1n) is 5.88. The van der Waals surface area contributed by atoms with Gasteiger partial charge in [0.1, 0.15) is 11.6 Å². The minimum atomic E-state index is 0.254. The summed E-state index contributed by atoms with van der Waals surface area (Å²) in [5.74, 6) is 1.09. The van der Waals surface area contributed by atoms with E-state index in [1.807, 2.05) is 30.3 Å². The average molecular weight is 274 g/mol. The maximum atomic E-state index is 9.20. The van der Waals surface area contributed by atoms with Crippen molar-refractivity contribution in [3.63, 3.8) is 0 Å². The Balaban J connectivity index is 1.76. The van der Waals surface area contributed by atoms with Gasteiger partial charge in [0.25, 0.3) is 0 Å². The standard InChI is InChI=1S/C14H12ClN3O/c15-9-1-6-12-13(7-9)18-14(17-12)8-16-10-2-4-11(19)5-3-10/h1-7,16,19H,8H2,(H,17,18). The normalized spacial score (nSPS) is 10.8. The van der Waals surface area contributed by atoms with Gasteiger partial charge in [0.15, 0.2) is 0 Å². The molecule has 5 heteroatoms. The molecule has 0 aliphatic rings. The summed E-state index contributed by atoms with van der Waals surface area (Å²) in [6.45, 7) is 0.580. The predicted octanol–water partition coefficient (Wildman–Crippen LogP) is 3.53. The third kappa shape index (κ3) is 2.63. The lowest BCUT2D eigenvalue weighted by Gasteiger charge is -2.03. The van der Waals surface area contributed by atoms with E-state index in [-0.39, 0.29) is 5.75 Å². The fourth-order valence-electron chi connectivity index (χ4n) is 1.88. The quantitative estimate of drug-likeness (QED) is 0.640. The van der Waals surface area contributed by atoms with Crippen LogP contribution in [-0.2, 0) is 6.54 Å². The molecule has 0 bridgehead atoms. The molecular weight excluding hydrogens is 262 g/mol. The number of anilines is 1. The second-order valence-corrected chi connectivity index (χ2v) is 4.68. The van der Waals surface area contributed by atoms with Crippen molar-refractivity contribution in [2.24, 2.45) is 0 Å². The molecule has 1 aromatic heterocycles. The van der Waals surface area contributed by atoms with Gasteiger partial charge in [-0.1, -0.05) is 11.6 Å². The molecule has 0 saturated carbocycles. The van der Waals surface area contributed by atoms with E-state index < -0.39 is 0 Å². The van der Waals surface area contributed by atoms with Gasteiger partial charge in [-0.3, -0.25) is 0 Å². The summed E-state index contributed by atoms with van der Waals surface area (Å²) in [4.78, 5) is 7.67. The SMILES string of the molecule is Oc1ccc(NCc2nc3ccc(Cl)cc3[nH]2)cc1. The lowest BCUT2D eigenvalue weighted by Crippen LogP contribution is -2.00. The molecule has 0 amide bonds. The van der Waals surface area contributed by atoms with Crippen LogP contribution in [-0.4, -0.2) is 15.1 Å². The highest BCUT2D eigenvalue weighted by Crippen LogP contribution is 2.18. The summed E-state index contributed by atoms with van der Waals surface area (Å²) in [7, 11) is 0. The van der Waals surface area contributed by atoms with Gasteiger partial charge in [0.05, 0.1) is 17.6 Å². The van der Waals surface area contributed by atoms with Crippen LogP contribution in [0.5, 0.6) is 5.75 Å². The molecule has 3 rings (SSSR count). The summed E-state index contributed by atoms with van der Waals surface area (Å²) in [6.07, 6.45) is 0. The number of phenolic OH excluding ortho intramolecular Hbond substituents is 1. The third-order valence-corrected chi connectivity index (χ3v) is 3.06. The van der Waals surface area contributed by atoms with Gasteiger partial charge >= 0.3 is 0 Å². The largest absolute Gasteiger partial charge is 0.508 e. The zero-order valence-electron chi connectivity index (χ0n) is 10.0. The Morgan fingerprint density at radius 3 is 2.74 bits per heavy atom. The van der Waals surface area contributed by atoms with E-state index in [0.717, 1.165) is 22.5 Å². The molecule has 4 nitrogen and oxygen atoms in total. The van der Waals surface area contributed by atoms with Crippen LogP contribution in [0.4, 0.5) is 5.69 Å². The number of imidazole rings is 1. The van der Waals surface area contributed by atoms with E-state index in [2.05, 4.69) is 15.3 Å². The van der Waals surface area contributed by atoms with E-state index in [1.54, 1.807) is 12.1 Å². The topological polar surface area (TPSA) is 60.9 Å². The van der Waals surface area contributed by atoms with Crippen LogP contribution in [0.3, 0.4) is 0 Å². The maximum absolute atomic E-state index is 9.20. The molecule has 0 fully saturated rings. The van der Waals surface area contributed by atoms with Crippen molar-refractivity contribution in [2.75, 3.05) is 5.32 Å². The first kappa shape index (κ1) is 11.9. The summed E-state index contributed by atoms with van der Waals surface area (Å²) >= 11 is 5.93. The minimum absolute atomic E-state index is 0.254. The number of fused-ring (bicyclic) bond motifs is 1. The molecule has 3 N–H and O–H groups in total. The molecule has 0 aliphatic heterocycles. The van der Waals surface area contributed by atoms with Crippen LogP contribution in [0, 0.1) is 0 Å². The predicted molar refractivity (Wildman–Crippen MR) is 76.5 cm³/mol. The summed E-state index contributed by atoms with van der Waals surface area (Å²) in [5, 5.41) is 13.1. The molecule has 3 aromatic rings. The van der Waals surface area contributed by atoms with Crippen LogP contribution in [0.15, 0.2) is 42.5 Å². The lowest BCUT2D eigenvalue weighted by molar-refractivity contribution is 0.475. The highest BCUT2D eigenvalue weighted by molar-refractivity contribution is 6.31. The molecule has 1 heterocycles. The second kappa shape index (κ2) is 4.82. The van der Waals surface area contributed by atoms with Gasteiger partial charge in [0.2, 0.25) is 0 Å². The molecular formula is C14H12ClN3O. The number of nitrogens with zero attached hydrogens (tertiary/aromatic N) is 1. The van der Waals surface area contributed by atoms with E-state index in [4.69, 9.17) is 11.6 Å². The molecule has 0 spiro atoms. The van der Waals surface area contributed by atoms with E-state index in [0.29, 0.717) is 11.6 Å². The highest BCUT2D eigenvalue weighted by atomic mass is 35.5. The van der Waals surface area contributed by atoms with E-state index in [1.165, 1.54) is 0 Å². The zero-order chi connectivity index (χ0) is 13.2. The first-order valence-corrected chi connectivity index (χ1v) is 6.25. The van der Waals surface area contributed by atoms with Gasteiger partial charge in [0, 0.05) is 10.7 Å². The average Bonchev–Trinajstić information content (AvgIpc) is 2.80. The Labute approximate surface area is 115 Å². The Kier molecular flexibility index (Phi) is 3.01. The lowest BCUT2D eigenvalue weighted by atomic mass is 10.3. The van der Waals surface area contributed by atoms with Crippen molar-refractivity contribution in [3.05, 3.63) is 53.3 Å². The van der Waals surface area contributed by atoms with Crippen LogP contribution in [0.1, 0.15) is 5.82 Å². The molecule has 19 heavy (non-hydrogen) atoms. The van der Waals surface area contributed by atoms with E-state index >= 15 is 0 Å². The van der Waals surface area contributed by atoms with Gasteiger partial charge in [-0.2, -0.15) is 0 Å². The van der Waals surface area contributed by atoms with E-state index in [9.17, 15) is 5.11 Å². The van der Waals surface area contributed by atoms with Crippen LogP contribution in [0.2, 0.25) is 5.02 Å². The number of rotatable bonds is 3. The number of hydrogen-bond donors (Lipinski definition) is 3. The molecule has 96 valence electrons. The van der Waals surface area contributed by atoms with Crippen molar-refractivity contribution in [1.82, 2.24) is 9.97 Å². The number of hydrogen-bond acceptors (Lipinski definition) is 3. The Hall–Kier alpha value is -2.20. The first-order chi connectivity index (χ1) is 9.20. The summed E-state index contributed by atoms with van der Waals surface area (Å²) < 4.78 is 0. The van der Waals surface area contributed by atoms with Gasteiger partial charge in [-0.25, -0.2) is 4.98 Å². The Morgan fingerprint density at radius 2 is 1.95 bits per heavy atom. The summed E-state index contributed by atoms with van der Waals surface area (Å²) in [6, 6.07) is 12.5. The molecule has 0 radical (unpaired) electrons. The second-order valence-electron chi connectivity index (χ2n) is 4.25. The highest BCUT2D eigenvalue weighted by Gasteiger charge is 2.03. The number of aromatic hydroxyl groups is 1.